The lowest BCUT2D eigenvalue weighted by molar-refractivity contribution is 0.0644. The highest BCUT2D eigenvalue weighted by atomic mass is 35.5. The number of rotatable bonds is 4. The highest BCUT2D eigenvalue weighted by Gasteiger charge is 2.35. The van der Waals surface area contributed by atoms with Crippen molar-refractivity contribution in [1.29, 1.82) is 0 Å². The fraction of sp³-hybridized carbons (Fsp3) is 0.188. The van der Waals surface area contributed by atoms with Crippen LogP contribution >= 0.6 is 12.4 Å². The number of carbonyl (C=O) groups is 2. The van der Waals surface area contributed by atoms with E-state index in [0.29, 0.717) is 17.5 Å². The highest BCUT2D eigenvalue weighted by Crippen LogP contribution is 2.22. The van der Waals surface area contributed by atoms with E-state index >= 15 is 0 Å². The van der Waals surface area contributed by atoms with Crippen LogP contribution in [0.25, 0.3) is 0 Å². The summed E-state index contributed by atoms with van der Waals surface area (Å²) in [5.74, 6) is -0.533. The lowest BCUT2D eigenvalue weighted by Gasteiger charge is -2.19. The van der Waals surface area contributed by atoms with Gasteiger partial charge < -0.3 is 5.73 Å². The number of halogens is 1. The minimum atomic E-state index is -0.309. The van der Waals surface area contributed by atoms with Crippen molar-refractivity contribution in [2.45, 2.75) is 12.5 Å². The van der Waals surface area contributed by atoms with Gasteiger partial charge in [-0.2, -0.15) is 0 Å². The molecule has 1 aromatic heterocycles. The number of nitrogens with zero attached hydrogens (tertiary/aromatic N) is 2. The molecule has 22 heavy (non-hydrogen) atoms. The van der Waals surface area contributed by atoms with Gasteiger partial charge in [0.05, 0.1) is 11.1 Å². The van der Waals surface area contributed by atoms with Crippen LogP contribution in [0.2, 0.25) is 0 Å². The van der Waals surface area contributed by atoms with Crippen molar-refractivity contribution in [3.63, 3.8) is 0 Å². The van der Waals surface area contributed by atoms with Gasteiger partial charge in [0.1, 0.15) is 0 Å². The summed E-state index contributed by atoms with van der Waals surface area (Å²) in [5, 5.41) is 0. The largest absolute Gasteiger partial charge is 0.326 e. The molecule has 114 valence electrons. The van der Waals surface area contributed by atoms with Crippen molar-refractivity contribution >= 4 is 24.2 Å². The Labute approximate surface area is 134 Å². The lowest BCUT2D eigenvalue weighted by Crippen LogP contribution is -2.41. The van der Waals surface area contributed by atoms with Gasteiger partial charge in [0, 0.05) is 25.0 Å². The van der Waals surface area contributed by atoms with Gasteiger partial charge in [0.25, 0.3) is 11.8 Å². The molecule has 1 aromatic carbocycles. The summed E-state index contributed by atoms with van der Waals surface area (Å²) < 4.78 is 0. The SMILES string of the molecule is Cl.N[C@H](Cc1cccnc1)CN1C(=O)c2ccccc2C1=O. The van der Waals surface area contributed by atoms with Gasteiger partial charge in [0.15, 0.2) is 0 Å². The Morgan fingerprint density at radius 2 is 1.68 bits per heavy atom. The maximum Gasteiger partial charge on any atom is 0.261 e. The standard InChI is InChI=1S/C16H15N3O2.ClH/c17-12(8-11-4-3-7-18-9-11)10-19-15(20)13-5-1-2-6-14(13)16(19)21;/h1-7,9,12H,8,10,17H2;1H/t12-;/m1./s1. The molecule has 0 spiro atoms. The number of fused-ring (bicyclic) bond motifs is 1. The van der Waals surface area contributed by atoms with Crippen LogP contribution in [0, 0.1) is 0 Å². The van der Waals surface area contributed by atoms with Crippen LogP contribution in [0.5, 0.6) is 0 Å². The van der Waals surface area contributed by atoms with Crippen LogP contribution in [-0.4, -0.2) is 34.3 Å². The minimum Gasteiger partial charge on any atom is -0.326 e. The molecule has 1 aliphatic rings. The van der Waals surface area contributed by atoms with E-state index in [0.717, 1.165) is 5.56 Å². The summed E-state index contributed by atoms with van der Waals surface area (Å²) in [4.78, 5) is 29.7. The summed E-state index contributed by atoms with van der Waals surface area (Å²) >= 11 is 0. The van der Waals surface area contributed by atoms with Crippen molar-refractivity contribution in [2.24, 2.45) is 5.73 Å². The Bertz CT molecular complexity index is 656. The number of benzene rings is 1. The Hall–Kier alpha value is -2.24. The molecule has 1 aliphatic heterocycles. The Morgan fingerprint density at radius 3 is 2.23 bits per heavy atom. The zero-order valence-corrected chi connectivity index (χ0v) is 12.6. The first-order chi connectivity index (χ1) is 10.2. The molecule has 0 aliphatic carbocycles. The first-order valence-electron chi connectivity index (χ1n) is 6.76. The molecule has 3 rings (SSSR count). The minimum absolute atomic E-state index is 0. The smallest absolute Gasteiger partial charge is 0.261 e. The maximum absolute atomic E-state index is 12.2. The number of nitrogens with two attached hydrogens (primary N) is 1. The zero-order chi connectivity index (χ0) is 14.8. The average molecular weight is 318 g/mol. The number of hydrogen-bond acceptors (Lipinski definition) is 4. The molecule has 0 radical (unpaired) electrons. The molecule has 0 bridgehead atoms. The van der Waals surface area contributed by atoms with E-state index in [1.165, 1.54) is 4.90 Å². The second kappa shape index (κ2) is 6.68. The van der Waals surface area contributed by atoms with E-state index in [9.17, 15) is 9.59 Å². The van der Waals surface area contributed by atoms with E-state index in [-0.39, 0.29) is 36.8 Å². The van der Waals surface area contributed by atoms with Crippen molar-refractivity contribution in [3.05, 3.63) is 65.5 Å². The fourth-order valence-corrected chi connectivity index (χ4v) is 2.53. The predicted molar refractivity (Wildman–Crippen MR) is 85.0 cm³/mol. The summed E-state index contributed by atoms with van der Waals surface area (Å²) in [5.41, 5.74) is 7.97. The maximum atomic E-state index is 12.2. The molecular weight excluding hydrogens is 302 g/mol. The monoisotopic (exact) mass is 317 g/mol. The van der Waals surface area contributed by atoms with Gasteiger partial charge in [-0.3, -0.25) is 19.5 Å². The summed E-state index contributed by atoms with van der Waals surface area (Å²) in [6.07, 6.45) is 4.00. The molecule has 0 saturated heterocycles. The third-order valence-electron chi connectivity index (χ3n) is 3.52. The first kappa shape index (κ1) is 16.1. The number of amides is 2. The number of pyridine rings is 1. The molecule has 1 atom stereocenters. The molecule has 0 fully saturated rings. The lowest BCUT2D eigenvalue weighted by atomic mass is 10.1. The van der Waals surface area contributed by atoms with Crippen LogP contribution in [0.3, 0.4) is 0 Å². The summed E-state index contributed by atoms with van der Waals surface area (Å²) in [6.45, 7) is 0.210. The molecule has 2 N–H and O–H groups in total. The van der Waals surface area contributed by atoms with E-state index < -0.39 is 0 Å². The molecular formula is C16H16ClN3O2. The topological polar surface area (TPSA) is 76.3 Å². The third kappa shape index (κ3) is 3.00. The van der Waals surface area contributed by atoms with Gasteiger partial charge >= 0.3 is 0 Å². The second-order valence-corrected chi connectivity index (χ2v) is 5.09. The normalized spacial score (nSPS) is 14.5. The van der Waals surface area contributed by atoms with Crippen molar-refractivity contribution in [2.75, 3.05) is 6.54 Å². The summed E-state index contributed by atoms with van der Waals surface area (Å²) in [6, 6.07) is 10.3. The molecule has 0 saturated carbocycles. The molecule has 2 heterocycles. The molecule has 6 heteroatoms. The molecule has 0 unspecified atom stereocenters. The van der Waals surface area contributed by atoms with Crippen molar-refractivity contribution in [3.8, 4) is 0 Å². The number of carbonyl (C=O) groups excluding carboxylic acids is 2. The second-order valence-electron chi connectivity index (χ2n) is 5.09. The van der Waals surface area contributed by atoms with E-state index in [1.54, 1.807) is 36.7 Å². The predicted octanol–water partition coefficient (Wildman–Crippen LogP) is 1.67. The van der Waals surface area contributed by atoms with Crippen LogP contribution in [0.1, 0.15) is 26.3 Å². The summed E-state index contributed by atoms with van der Waals surface area (Å²) in [7, 11) is 0. The number of imide groups is 1. The van der Waals surface area contributed by atoms with Crippen LogP contribution in [0.4, 0.5) is 0 Å². The van der Waals surface area contributed by atoms with Gasteiger partial charge in [0.2, 0.25) is 0 Å². The zero-order valence-electron chi connectivity index (χ0n) is 11.8. The van der Waals surface area contributed by atoms with Crippen LogP contribution in [0.15, 0.2) is 48.8 Å². The van der Waals surface area contributed by atoms with Gasteiger partial charge in [-0.05, 0) is 30.2 Å². The van der Waals surface area contributed by atoms with Crippen molar-refractivity contribution in [1.82, 2.24) is 9.88 Å². The fourth-order valence-electron chi connectivity index (χ4n) is 2.53. The van der Waals surface area contributed by atoms with Crippen molar-refractivity contribution < 1.29 is 9.59 Å². The van der Waals surface area contributed by atoms with E-state index in [1.807, 2.05) is 12.1 Å². The quantitative estimate of drug-likeness (QED) is 0.870. The Morgan fingerprint density at radius 1 is 1.05 bits per heavy atom. The third-order valence-corrected chi connectivity index (χ3v) is 3.52. The van der Waals surface area contributed by atoms with E-state index in [2.05, 4.69) is 4.98 Å². The van der Waals surface area contributed by atoms with Crippen LogP contribution in [-0.2, 0) is 6.42 Å². The van der Waals surface area contributed by atoms with Gasteiger partial charge in [-0.1, -0.05) is 18.2 Å². The molecule has 2 amide bonds. The first-order valence-corrected chi connectivity index (χ1v) is 6.76. The Balaban J connectivity index is 0.00000176. The van der Waals surface area contributed by atoms with Crippen LogP contribution < -0.4 is 5.73 Å². The number of hydrogen-bond donors (Lipinski definition) is 1. The molecule has 5 nitrogen and oxygen atoms in total. The van der Waals surface area contributed by atoms with E-state index in [4.69, 9.17) is 5.73 Å². The molecule has 2 aromatic rings. The Kier molecular flexibility index (Phi) is 4.90. The number of aromatic nitrogens is 1. The average Bonchev–Trinajstić information content (AvgIpc) is 2.74. The van der Waals surface area contributed by atoms with Gasteiger partial charge in [-0.15, -0.1) is 12.4 Å². The van der Waals surface area contributed by atoms with Gasteiger partial charge in [-0.25, -0.2) is 0 Å². The highest BCUT2D eigenvalue weighted by molar-refractivity contribution is 6.21.